The molecule has 2 rings (SSSR count). The highest BCUT2D eigenvalue weighted by Gasteiger charge is 2.29. The lowest BCUT2D eigenvalue weighted by Gasteiger charge is -2.35. The van der Waals surface area contributed by atoms with Crippen LogP contribution in [0.4, 0.5) is 0 Å². The molecule has 2 aliphatic rings. The lowest BCUT2D eigenvalue weighted by Crippen LogP contribution is -2.47. The number of rotatable bonds is 6. The van der Waals surface area contributed by atoms with Crippen LogP contribution in [0.2, 0.25) is 0 Å². The van der Waals surface area contributed by atoms with E-state index in [2.05, 4.69) is 5.32 Å². The Hall–Kier alpha value is -0.120. The minimum atomic E-state index is -0.148. The van der Waals surface area contributed by atoms with Crippen LogP contribution in [0, 0.1) is 5.92 Å². The molecule has 0 aliphatic heterocycles. The maximum Gasteiger partial charge on any atom is 0.0667 e. The molecule has 0 saturated heterocycles. The second kappa shape index (κ2) is 5.99. The van der Waals surface area contributed by atoms with Gasteiger partial charge in [-0.2, -0.15) is 0 Å². The Balaban J connectivity index is 1.52. The van der Waals surface area contributed by atoms with Gasteiger partial charge in [-0.3, -0.25) is 0 Å². The maximum absolute atomic E-state index is 9.91. The molecule has 94 valence electrons. The third-order valence-electron chi connectivity index (χ3n) is 4.15. The van der Waals surface area contributed by atoms with E-state index in [-0.39, 0.29) is 6.10 Å². The van der Waals surface area contributed by atoms with Crippen molar-refractivity contribution in [2.75, 3.05) is 13.7 Å². The largest absolute Gasteiger partial charge is 0.392 e. The fourth-order valence-corrected chi connectivity index (χ4v) is 2.94. The second-order valence-electron chi connectivity index (χ2n) is 5.47. The molecule has 3 nitrogen and oxygen atoms in total. The van der Waals surface area contributed by atoms with Crippen LogP contribution >= 0.6 is 0 Å². The predicted molar refractivity (Wildman–Crippen MR) is 64.4 cm³/mol. The summed E-state index contributed by atoms with van der Waals surface area (Å²) in [6, 6.07) is 0.572. The first-order chi connectivity index (χ1) is 7.78. The molecule has 0 aromatic rings. The number of aliphatic hydroxyl groups is 1. The molecule has 0 spiro atoms. The van der Waals surface area contributed by atoms with E-state index in [1.54, 1.807) is 7.11 Å². The van der Waals surface area contributed by atoms with Gasteiger partial charge in [0.15, 0.2) is 0 Å². The monoisotopic (exact) mass is 227 g/mol. The number of nitrogens with one attached hydrogen (secondary N) is 1. The Morgan fingerprint density at radius 2 is 2.00 bits per heavy atom. The van der Waals surface area contributed by atoms with Gasteiger partial charge in [0.2, 0.25) is 0 Å². The number of hydrogen-bond acceptors (Lipinski definition) is 3. The van der Waals surface area contributed by atoms with Gasteiger partial charge in [-0.05, 0) is 25.2 Å². The van der Waals surface area contributed by atoms with Gasteiger partial charge in [0.25, 0.3) is 0 Å². The molecule has 16 heavy (non-hydrogen) atoms. The zero-order valence-corrected chi connectivity index (χ0v) is 10.3. The first-order valence-electron chi connectivity index (χ1n) is 6.72. The minimum Gasteiger partial charge on any atom is -0.392 e. The van der Waals surface area contributed by atoms with Gasteiger partial charge in [0.1, 0.15) is 0 Å². The quantitative estimate of drug-likeness (QED) is 0.725. The molecule has 2 N–H and O–H groups in total. The molecule has 2 aliphatic carbocycles. The Morgan fingerprint density at radius 3 is 2.62 bits per heavy atom. The Bertz CT molecular complexity index is 198. The van der Waals surface area contributed by atoms with Crippen molar-refractivity contribution in [1.29, 1.82) is 0 Å². The molecule has 0 heterocycles. The van der Waals surface area contributed by atoms with E-state index in [0.29, 0.717) is 12.1 Å². The van der Waals surface area contributed by atoms with Crippen LogP contribution in [-0.4, -0.2) is 37.0 Å². The molecule has 0 amide bonds. The molecule has 2 fully saturated rings. The van der Waals surface area contributed by atoms with E-state index < -0.39 is 0 Å². The second-order valence-corrected chi connectivity index (χ2v) is 5.47. The lowest BCUT2D eigenvalue weighted by atomic mass is 9.89. The third kappa shape index (κ3) is 3.44. The van der Waals surface area contributed by atoms with Crippen LogP contribution in [0.1, 0.15) is 44.9 Å². The smallest absolute Gasteiger partial charge is 0.0667 e. The van der Waals surface area contributed by atoms with Crippen LogP contribution in [0.15, 0.2) is 0 Å². The first-order valence-corrected chi connectivity index (χ1v) is 6.72. The lowest BCUT2D eigenvalue weighted by molar-refractivity contribution is 0.0129. The van der Waals surface area contributed by atoms with Crippen molar-refractivity contribution in [1.82, 2.24) is 5.32 Å². The number of ether oxygens (including phenoxy) is 1. The summed E-state index contributed by atoms with van der Waals surface area (Å²) >= 11 is 0. The summed E-state index contributed by atoms with van der Waals surface area (Å²) in [6.07, 6.45) is 8.88. The van der Waals surface area contributed by atoms with Crippen LogP contribution in [-0.2, 0) is 4.74 Å². The summed E-state index contributed by atoms with van der Waals surface area (Å²) in [5.74, 6) is 0.782. The summed E-state index contributed by atoms with van der Waals surface area (Å²) in [6.45, 7) is 0.762. The maximum atomic E-state index is 9.91. The highest BCUT2D eigenvalue weighted by Crippen LogP contribution is 2.28. The highest BCUT2D eigenvalue weighted by atomic mass is 16.5. The van der Waals surface area contributed by atoms with E-state index in [9.17, 15) is 5.11 Å². The Morgan fingerprint density at radius 1 is 1.31 bits per heavy atom. The molecule has 0 aromatic heterocycles. The summed E-state index contributed by atoms with van der Waals surface area (Å²) in [7, 11) is 1.77. The topological polar surface area (TPSA) is 41.5 Å². The van der Waals surface area contributed by atoms with E-state index in [4.69, 9.17) is 4.74 Å². The van der Waals surface area contributed by atoms with Crippen molar-refractivity contribution in [2.24, 2.45) is 5.92 Å². The summed E-state index contributed by atoms with van der Waals surface area (Å²) in [5, 5.41) is 13.3. The van der Waals surface area contributed by atoms with Gasteiger partial charge in [-0.15, -0.1) is 0 Å². The predicted octanol–water partition coefficient (Wildman–Crippen LogP) is 1.69. The Kier molecular flexibility index (Phi) is 4.62. The fraction of sp³-hybridized carbons (Fsp3) is 1.00. The van der Waals surface area contributed by atoms with Crippen LogP contribution in [0.5, 0.6) is 0 Å². The molecule has 1 atom stereocenters. The zero-order valence-electron chi connectivity index (χ0n) is 10.3. The van der Waals surface area contributed by atoms with Crippen LogP contribution in [0.3, 0.4) is 0 Å². The number of aliphatic hydroxyl groups excluding tert-OH is 1. The fourth-order valence-electron chi connectivity index (χ4n) is 2.94. The van der Waals surface area contributed by atoms with E-state index >= 15 is 0 Å². The molecule has 0 bridgehead atoms. The average Bonchev–Trinajstić information content (AvgIpc) is 2.68. The standard InChI is InChI=1S/C13H25NO2/c1-16-13-7-11(8-13)14-9-12(15)6-10-4-2-3-5-10/h10-15H,2-9H2,1H3. The Labute approximate surface area is 98.6 Å². The van der Waals surface area contributed by atoms with Crippen molar-refractivity contribution in [3.05, 3.63) is 0 Å². The van der Waals surface area contributed by atoms with Crippen LogP contribution in [0.25, 0.3) is 0 Å². The van der Waals surface area contributed by atoms with Gasteiger partial charge >= 0.3 is 0 Å². The van der Waals surface area contributed by atoms with Gasteiger partial charge in [0, 0.05) is 19.7 Å². The van der Waals surface area contributed by atoms with Crippen molar-refractivity contribution in [3.63, 3.8) is 0 Å². The van der Waals surface area contributed by atoms with Gasteiger partial charge in [-0.25, -0.2) is 0 Å². The van der Waals surface area contributed by atoms with Crippen LogP contribution < -0.4 is 5.32 Å². The number of hydrogen-bond donors (Lipinski definition) is 2. The van der Waals surface area contributed by atoms with Crippen molar-refractivity contribution < 1.29 is 9.84 Å². The SMILES string of the molecule is COC1CC(NCC(O)CC2CCCC2)C1. The molecule has 2 saturated carbocycles. The van der Waals surface area contributed by atoms with Crippen molar-refractivity contribution in [2.45, 2.75) is 63.2 Å². The van der Waals surface area contributed by atoms with E-state index in [1.165, 1.54) is 25.7 Å². The summed E-state index contributed by atoms with van der Waals surface area (Å²) < 4.78 is 5.23. The molecule has 1 unspecified atom stereocenters. The zero-order chi connectivity index (χ0) is 11.4. The molecule has 0 radical (unpaired) electrons. The summed E-state index contributed by atoms with van der Waals surface area (Å²) in [4.78, 5) is 0. The molecule has 0 aromatic carbocycles. The highest BCUT2D eigenvalue weighted by molar-refractivity contribution is 4.86. The third-order valence-corrected chi connectivity index (χ3v) is 4.15. The minimum absolute atomic E-state index is 0.148. The van der Waals surface area contributed by atoms with Gasteiger partial charge in [0.05, 0.1) is 12.2 Å². The normalized spacial score (nSPS) is 32.6. The van der Waals surface area contributed by atoms with Crippen molar-refractivity contribution >= 4 is 0 Å². The van der Waals surface area contributed by atoms with E-state index in [0.717, 1.165) is 31.7 Å². The van der Waals surface area contributed by atoms with Gasteiger partial charge < -0.3 is 15.2 Å². The van der Waals surface area contributed by atoms with E-state index in [1.807, 2.05) is 0 Å². The van der Waals surface area contributed by atoms with Gasteiger partial charge in [-0.1, -0.05) is 25.7 Å². The summed E-state index contributed by atoms with van der Waals surface area (Å²) in [5.41, 5.74) is 0. The van der Waals surface area contributed by atoms with Crippen molar-refractivity contribution in [3.8, 4) is 0 Å². The molecular formula is C13H25NO2. The number of methoxy groups -OCH3 is 1. The molecular weight excluding hydrogens is 202 g/mol. The molecule has 3 heteroatoms. The average molecular weight is 227 g/mol. The first kappa shape index (κ1) is 12.3.